The number of esters is 3. The molecule has 8 nitrogen and oxygen atoms in total. The van der Waals surface area contributed by atoms with Crippen molar-refractivity contribution in [2.45, 2.75) is 65.0 Å². The van der Waals surface area contributed by atoms with Crippen LogP contribution in [-0.2, 0) is 38.1 Å². The van der Waals surface area contributed by atoms with E-state index in [1.807, 2.05) is 6.92 Å². The third-order valence-corrected chi connectivity index (χ3v) is 3.41. The molecule has 1 saturated heterocycles. The molecule has 1 aliphatic heterocycles. The van der Waals surface area contributed by atoms with Crippen molar-refractivity contribution in [1.82, 2.24) is 0 Å². The number of ether oxygens (including phenoxy) is 5. The Labute approximate surface area is 141 Å². The molecule has 0 radical (unpaired) electrons. The fourth-order valence-corrected chi connectivity index (χ4v) is 2.39. The van der Waals surface area contributed by atoms with Crippen molar-refractivity contribution in [2.24, 2.45) is 0 Å². The summed E-state index contributed by atoms with van der Waals surface area (Å²) in [6.45, 7) is 6.26. The predicted molar refractivity (Wildman–Crippen MR) is 82.1 cm³/mol. The van der Waals surface area contributed by atoms with Crippen molar-refractivity contribution in [3.05, 3.63) is 0 Å². The molecule has 0 bridgehead atoms. The Morgan fingerprint density at radius 1 is 1.00 bits per heavy atom. The van der Waals surface area contributed by atoms with Crippen LogP contribution in [0.15, 0.2) is 0 Å². The van der Waals surface area contributed by atoms with Gasteiger partial charge in [0.2, 0.25) is 0 Å². The summed E-state index contributed by atoms with van der Waals surface area (Å²) < 4.78 is 26.9. The molecule has 1 rings (SSSR count). The fourth-order valence-electron chi connectivity index (χ4n) is 2.39. The van der Waals surface area contributed by atoms with Gasteiger partial charge in [-0.3, -0.25) is 14.4 Å². The summed E-state index contributed by atoms with van der Waals surface area (Å²) in [5, 5.41) is 0. The molecule has 0 spiro atoms. The van der Waals surface area contributed by atoms with Gasteiger partial charge in [-0.05, 0) is 6.42 Å². The smallest absolute Gasteiger partial charge is 0.303 e. The van der Waals surface area contributed by atoms with Crippen molar-refractivity contribution in [3.8, 4) is 0 Å². The maximum Gasteiger partial charge on any atom is 0.303 e. The number of carbonyl (C=O) groups excluding carboxylic acids is 3. The number of hydrogen-bond donors (Lipinski definition) is 0. The molecule has 8 heteroatoms. The van der Waals surface area contributed by atoms with Crippen LogP contribution < -0.4 is 0 Å². The number of carbonyl (C=O) groups is 3. The molecule has 0 N–H and O–H groups in total. The van der Waals surface area contributed by atoms with E-state index in [9.17, 15) is 14.4 Å². The van der Waals surface area contributed by atoms with Crippen molar-refractivity contribution < 1.29 is 38.1 Å². The van der Waals surface area contributed by atoms with Gasteiger partial charge in [0, 0.05) is 27.4 Å². The summed E-state index contributed by atoms with van der Waals surface area (Å²) in [5.41, 5.74) is 0. The van der Waals surface area contributed by atoms with Crippen LogP contribution in [0.1, 0.15) is 40.5 Å². The van der Waals surface area contributed by atoms with E-state index in [-0.39, 0.29) is 13.2 Å². The van der Waals surface area contributed by atoms with Gasteiger partial charge in [-0.2, -0.15) is 0 Å². The molecule has 0 aromatic carbocycles. The Bertz CT molecular complexity index is 436. The topological polar surface area (TPSA) is 97.4 Å². The number of unbranched alkanes of at least 4 members (excludes halogenated alkanes) is 1. The maximum absolute atomic E-state index is 11.4. The molecule has 1 aliphatic rings. The third-order valence-electron chi connectivity index (χ3n) is 3.41. The summed E-state index contributed by atoms with van der Waals surface area (Å²) in [6, 6.07) is 0. The largest absolute Gasteiger partial charge is 0.463 e. The van der Waals surface area contributed by atoms with Gasteiger partial charge in [0.05, 0.1) is 6.61 Å². The Balaban J connectivity index is 2.90. The van der Waals surface area contributed by atoms with Crippen LogP contribution in [0.5, 0.6) is 0 Å². The highest BCUT2D eigenvalue weighted by molar-refractivity contribution is 5.67. The van der Waals surface area contributed by atoms with Crippen LogP contribution >= 0.6 is 0 Å². The summed E-state index contributed by atoms with van der Waals surface area (Å²) in [4.78, 5) is 33.8. The van der Waals surface area contributed by atoms with Crippen LogP contribution in [0, 0.1) is 0 Å². The monoisotopic (exact) mass is 346 g/mol. The molecule has 1 fully saturated rings. The average molecular weight is 346 g/mol. The fraction of sp³-hybridized carbons (Fsp3) is 0.812. The van der Waals surface area contributed by atoms with E-state index in [2.05, 4.69) is 0 Å². The third kappa shape index (κ3) is 6.84. The lowest BCUT2D eigenvalue weighted by Gasteiger charge is -2.40. The van der Waals surface area contributed by atoms with E-state index in [0.29, 0.717) is 6.61 Å². The van der Waals surface area contributed by atoms with Crippen LogP contribution in [-0.4, -0.2) is 62.1 Å². The Kier molecular flexibility index (Phi) is 8.70. The number of hydrogen-bond acceptors (Lipinski definition) is 8. The van der Waals surface area contributed by atoms with E-state index in [4.69, 9.17) is 23.7 Å². The zero-order chi connectivity index (χ0) is 18.1. The SMILES string of the molecule is CCCCO[C@H]1[C@H](OC(C)=O)[C@H](OC(C)=O)CO[C@@H]1COC(C)=O. The van der Waals surface area contributed by atoms with Gasteiger partial charge < -0.3 is 23.7 Å². The molecule has 0 amide bonds. The van der Waals surface area contributed by atoms with E-state index >= 15 is 0 Å². The summed E-state index contributed by atoms with van der Waals surface area (Å²) in [7, 11) is 0. The van der Waals surface area contributed by atoms with Gasteiger partial charge in [-0.15, -0.1) is 0 Å². The molecule has 4 atom stereocenters. The molecule has 1 heterocycles. The van der Waals surface area contributed by atoms with Crippen LogP contribution in [0.25, 0.3) is 0 Å². The second-order valence-corrected chi connectivity index (χ2v) is 5.59. The molecule has 0 aromatic heterocycles. The van der Waals surface area contributed by atoms with Crippen molar-refractivity contribution in [1.29, 1.82) is 0 Å². The first-order chi connectivity index (χ1) is 11.3. The lowest BCUT2D eigenvalue weighted by atomic mass is 9.99. The van der Waals surface area contributed by atoms with E-state index in [1.54, 1.807) is 0 Å². The highest BCUT2D eigenvalue weighted by Gasteiger charge is 2.45. The molecule has 0 aliphatic carbocycles. The Morgan fingerprint density at radius 2 is 1.67 bits per heavy atom. The highest BCUT2D eigenvalue weighted by Crippen LogP contribution is 2.25. The van der Waals surface area contributed by atoms with Crippen LogP contribution in [0.2, 0.25) is 0 Å². The first kappa shape index (κ1) is 20.4. The van der Waals surface area contributed by atoms with Crippen molar-refractivity contribution in [3.63, 3.8) is 0 Å². The summed E-state index contributed by atoms with van der Waals surface area (Å²) >= 11 is 0. The van der Waals surface area contributed by atoms with Gasteiger partial charge in [0.25, 0.3) is 0 Å². The second-order valence-electron chi connectivity index (χ2n) is 5.59. The Morgan fingerprint density at radius 3 is 2.21 bits per heavy atom. The normalized spacial score (nSPS) is 26.5. The van der Waals surface area contributed by atoms with Crippen molar-refractivity contribution >= 4 is 17.9 Å². The average Bonchev–Trinajstić information content (AvgIpc) is 2.48. The minimum Gasteiger partial charge on any atom is -0.463 e. The van der Waals surface area contributed by atoms with Crippen LogP contribution in [0.3, 0.4) is 0 Å². The summed E-state index contributed by atoms with van der Waals surface area (Å²) in [6.07, 6.45) is -1.17. The van der Waals surface area contributed by atoms with Gasteiger partial charge in [-0.25, -0.2) is 0 Å². The lowest BCUT2D eigenvalue weighted by Crippen LogP contribution is -2.58. The molecular formula is C16H26O8. The quantitative estimate of drug-likeness (QED) is 0.365. The molecule has 24 heavy (non-hydrogen) atoms. The lowest BCUT2D eigenvalue weighted by molar-refractivity contribution is -0.233. The summed E-state index contributed by atoms with van der Waals surface area (Å²) in [5.74, 6) is -1.47. The van der Waals surface area contributed by atoms with Gasteiger partial charge >= 0.3 is 17.9 Å². The molecule has 0 unspecified atom stereocenters. The van der Waals surface area contributed by atoms with Crippen LogP contribution in [0.4, 0.5) is 0 Å². The van der Waals surface area contributed by atoms with Gasteiger partial charge in [-0.1, -0.05) is 13.3 Å². The predicted octanol–water partition coefficient (Wildman–Crippen LogP) is 0.997. The molecule has 0 saturated carbocycles. The van der Waals surface area contributed by atoms with Gasteiger partial charge in [0.15, 0.2) is 12.2 Å². The molecule has 138 valence electrons. The highest BCUT2D eigenvalue weighted by atomic mass is 16.6. The standard InChI is InChI=1S/C16H26O8/c1-5-6-7-20-15-13(8-21-10(2)17)22-9-14(23-11(3)18)16(15)24-12(4)19/h13-16H,5-9H2,1-4H3/t13-,14-,15-,16-/m1/s1. The first-order valence-corrected chi connectivity index (χ1v) is 8.06. The minimum atomic E-state index is -0.822. The second kappa shape index (κ2) is 10.2. The van der Waals surface area contributed by atoms with Crippen molar-refractivity contribution in [2.75, 3.05) is 19.8 Å². The first-order valence-electron chi connectivity index (χ1n) is 8.06. The molecular weight excluding hydrogens is 320 g/mol. The molecule has 0 aromatic rings. The minimum absolute atomic E-state index is 0.0249. The van der Waals surface area contributed by atoms with E-state index < -0.39 is 42.3 Å². The van der Waals surface area contributed by atoms with E-state index in [1.165, 1.54) is 20.8 Å². The zero-order valence-corrected chi connectivity index (χ0v) is 14.6. The Hall–Kier alpha value is -1.67. The van der Waals surface area contributed by atoms with Gasteiger partial charge in [0.1, 0.15) is 18.8 Å². The zero-order valence-electron chi connectivity index (χ0n) is 14.6. The maximum atomic E-state index is 11.4. The number of rotatable bonds is 8. The van der Waals surface area contributed by atoms with E-state index in [0.717, 1.165) is 12.8 Å².